The number of nitrogen functional groups attached to an aromatic ring is 1. The van der Waals surface area contributed by atoms with Crippen molar-refractivity contribution < 1.29 is 4.74 Å². The molecule has 5 heteroatoms. The Labute approximate surface area is 106 Å². The van der Waals surface area contributed by atoms with E-state index in [1.54, 1.807) is 25.4 Å². The minimum absolute atomic E-state index is 0.235. The first-order chi connectivity index (χ1) is 8.60. The lowest BCUT2D eigenvalue weighted by atomic mass is 10.1. The van der Waals surface area contributed by atoms with Crippen molar-refractivity contribution in [1.29, 1.82) is 0 Å². The third-order valence-corrected chi connectivity index (χ3v) is 2.52. The molecule has 0 atom stereocenters. The van der Waals surface area contributed by atoms with Gasteiger partial charge in [0.25, 0.3) is 0 Å². The highest BCUT2D eigenvalue weighted by atomic mass is 16.5. The van der Waals surface area contributed by atoms with E-state index in [0.29, 0.717) is 11.7 Å². The van der Waals surface area contributed by atoms with Gasteiger partial charge in [-0.2, -0.15) is 0 Å². The minimum atomic E-state index is 0.235. The topological polar surface area (TPSA) is 73.9 Å². The second-order valence-electron chi connectivity index (χ2n) is 4.28. The molecule has 0 aliphatic carbocycles. The Morgan fingerprint density at radius 2 is 2.00 bits per heavy atom. The number of hydrogen-bond donors (Lipinski definition) is 1. The van der Waals surface area contributed by atoms with Gasteiger partial charge >= 0.3 is 0 Å². The number of hydrogen-bond acceptors (Lipinski definition) is 5. The van der Waals surface area contributed by atoms with Crippen LogP contribution in [-0.2, 0) is 0 Å². The molecule has 5 nitrogen and oxygen atoms in total. The molecule has 0 saturated heterocycles. The maximum atomic E-state index is 5.79. The van der Waals surface area contributed by atoms with E-state index in [2.05, 4.69) is 15.0 Å². The number of anilines is 1. The number of rotatable bonds is 3. The van der Waals surface area contributed by atoms with Crippen LogP contribution in [0.2, 0.25) is 0 Å². The molecule has 2 heterocycles. The van der Waals surface area contributed by atoms with Gasteiger partial charge < -0.3 is 10.5 Å². The molecule has 0 fully saturated rings. The quantitative estimate of drug-likeness (QED) is 0.896. The van der Waals surface area contributed by atoms with Gasteiger partial charge in [0.15, 0.2) is 0 Å². The number of methoxy groups -OCH3 is 1. The smallest absolute Gasteiger partial charge is 0.212 e. The van der Waals surface area contributed by atoms with Crippen molar-refractivity contribution in [3.05, 3.63) is 30.2 Å². The molecule has 2 aromatic heterocycles. The fourth-order valence-corrected chi connectivity index (χ4v) is 1.54. The first-order valence-corrected chi connectivity index (χ1v) is 5.75. The Hall–Kier alpha value is -2.17. The van der Waals surface area contributed by atoms with Gasteiger partial charge in [0.2, 0.25) is 5.88 Å². The van der Waals surface area contributed by atoms with Crippen LogP contribution < -0.4 is 10.5 Å². The molecule has 0 aromatic carbocycles. The van der Waals surface area contributed by atoms with E-state index < -0.39 is 0 Å². The zero-order valence-corrected chi connectivity index (χ0v) is 10.7. The van der Waals surface area contributed by atoms with Crippen LogP contribution in [0.5, 0.6) is 5.88 Å². The molecule has 2 rings (SSSR count). The van der Waals surface area contributed by atoms with Gasteiger partial charge in [0.05, 0.1) is 12.8 Å². The summed E-state index contributed by atoms with van der Waals surface area (Å²) in [5.41, 5.74) is 7.47. The van der Waals surface area contributed by atoms with Gasteiger partial charge in [-0.1, -0.05) is 13.8 Å². The van der Waals surface area contributed by atoms with Gasteiger partial charge in [-0.15, -0.1) is 0 Å². The Bertz CT molecular complexity index is 537. The van der Waals surface area contributed by atoms with Crippen LogP contribution in [0, 0.1) is 0 Å². The van der Waals surface area contributed by atoms with E-state index in [4.69, 9.17) is 10.5 Å². The number of nitrogens with zero attached hydrogens (tertiary/aromatic N) is 3. The van der Waals surface area contributed by atoms with Crippen molar-refractivity contribution in [2.75, 3.05) is 12.8 Å². The largest absolute Gasteiger partial charge is 0.481 e. The predicted molar refractivity (Wildman–Crippen MR) is 70.3 cm³/mol. The third-order valence-electron chi connectivity index (χ3n) is 2.52. The molecule has 0 radical (unpaired) electrons. The average Bonchev–Trinajstić information content (AvgIpc) is 2.38. The first kappa shape index (κ1) is 12.3. The Kier molecular flexibility index (Phi) is 3.41. The van der Waals surface area contributed by atoms with Gasteiger partial charge in [-0.05, 0) is 6.07 Å². The van der Waals surface area contributed by atoms with E-state index in [1.807, 2.05) is 19.9 Å². The molecule has 0 aliphatic heterocycles. The van der Waals surface area contributed by atoms with Crippen molar-refractivity contribution in [3.8, 4) is 17.1 Å². The van der Waals surface area contributed by atoms with Crippen LogP contribution >= 0.6 is 0 Å². The van der Waals surface area contributed by atoms with Gasteiger partial charge in [0, 0.05) is 29.8 Å². The Balaban J connectivity index is 2.42. The van der Waals surface area contributed by atoms with E-state index in [9.17, 15) is 0 Å². The van der Waals surface area contributed by atoms with E-state index in [0.717, 1.165) is 17.1 Å². The number of ether oxygens (including phenoxy) is 1. The van der Waals surface area contributed by atoms with E-state index >= 15 is 0 Å². The summed E-state index contributed by atoms with van der Waals surface area (Å²) in [5, 5.41) is 0. The highest BCUT2D eigenvalue weighted by molar-refractivity contribution is 5.61. The number of pyridine rings is 1. The monoisotopic (exact) mass is 244 g/mol. The van der Waals surface area contributed by atoms with Gasteiger partial charge in [-0.25, -0.2) is 15.0 Å². The molecule has 2 aromatic rings. The standard InChI is InChI=1S/C13H16N4O/c1-8(2)13-16-10(6-11(14)17-13)9-4-5-12(18-3)15-7-9/h4-8H,1-3H3,(H2,14,16,17). The molecule has 0 aliphatic rings. The van der Waals surface area contributed by atoms with Crippen LogP contribution in [-0.4, -0.2) is 22.1 Å². The fourth-order valence-electron chi connectivity index (χ4n) is 1.54. The first-order valence-electron chi connectivity index (χ1n) is 5.75. The number of nitrogens with two attached hydrogens (primary N) is 1. The second kappa shape index (κ2) is 5.00. The highest BCUT2D eigenvalue weighted by Gasteiger charge is 2.08. The molecular formula is C13H16N4O. The summed E-state index contributed by atoms with van der Waals surface area (Å²) in [4.78, 5) is 12.9. The molecule has 18 heavy (non-hydrogen) atoms. The van der Waals surface area contributed by atoms with Crippen LogP contribution in [0.25, 0.3) is 11.3 Å². The van der Waals surface area contributed by atoms with Crippen molar-refractivity contribution in [3.63, 3.8) is 0 Å². The zero-order valence-electron chi connectivity index (χ0n) is 10.7. The summed E-state index contributed by atoms with van der Waals surface area (Å²) in [6.07, 6.45) is 1.71. The van der Waals surface area contributed by atoms with E-state index in [1.165, 1.54) is 0 Å². The van der Waals surface area contributed by atoms with Crippen LogP contribution in [0.1, 0.15) is 25.6 Å². The molecule has 0 unspecified atom stereocenters. The van der Waals surface area contributed by atoms with Crippen molar-refractivity contribution in [2.45, 2.75) is 19.8 Å². The van der Waals surface area contributed by atoms with E-state index in [-0.39, 0.29) is 5.92 Å². The van der Waals surface area contributed by atoms with Crippen molar-refractivity contribution in [2.24, 2.45) is 0 Å². The second-order valence-corrected chi connectivity index (χ2v) is 4.28. The Morgan fingerprint density at radius 1 is 1.22 bits per heavy atom. The lowest BCUT2D eigenvalue weighted by Crippen LogP contribution is -2.03. The summed E-state index contributed by atoms with van der Waals surface area (Å²) < 4.78 is 5.02. The van der Waals surface area contributed by atoms with Crippen molar-refractivity contribution >= 4 is 5.82 Å². The molecule has 94 valence electrons. The summed E-state index contributed by atoms with van der Waals surface area (Å²) in [5.74, 6) is 2.02. The molecule has 0 amide bonds. The predicted octanol–water partition coefficient (Wildman–Crippen LogP) is 2.25. The van der Waals surface area contributed by atoms with Crippen molar-refractivity contribution in [1.82, 2.24) is 15.0 Å². The summed E-state index contributed by atoms with van der Waals surface area (Å²) >= 11 is 0. The van der Waals surface area contributed by atoms with Gasteiger partial charge in [-0.3, -0.25) is 0 Å². The normalized spacial score (nSPS) is 10.7. The zero-order chi connectivity index (χ0) is 13.1. The SMILES string of the molecule is COc1ccc(-c2cc(N)nc(C(C)C)n2)cn1. The maximum Gasteiger partial charge on any atom is 0.212 e. The molecule has 0 bridgehead atoms. The molecule has 0 saturated carbocycles. The average molecular weight is 244 g/mol. The molecular weight excluding hydrogens is 228 g/mol. The summed E-state index contributed by atoms with van der Waals surface area (Å²) in [7, 11) is 1.58. The Morgan fingerprint density at radius 3 is 2.56 bits per heavy atom. The maximum absolute atomic E-state index is 5.79. The lowest BCUT2D eigenvalue weighted by molar-refractivity contribution is 0.398. The summed E-state index contributed by atoms with van der Waals surface area (Å²) in [6.45, 7) is 4.07. The van der Waals surface area contributed by atoms with Crippen LogP contribution in [0.15, 0.2) is 24.4 Å². The highest BCUT2D eigenvalue weighted by Crippen LogP contribution is 2.21. The van der Waals surface area contributed by atoms with Crippen LogP contribution in [0.4, 0.5) is 5.82 Å². The van der Waals surface area contributed by atoms with Gasteiger partial charge in [0.1, 0.15) is 11.6 Å². The molecule has 2 N–H and O–H groups in total. The molecule has 0 spiro atoms. The van der Waals surface area contributed by atoms with Crippen LogP contribution in [0.3, 0.4) is 0 Å². The minimum Gasteiger partial charge on any atom is -0.481 e. The third kappa shape index (κ3) is 2.56. The number of aromatic nitrogens is 3. The fraction of sp³-hybridized carbons (Fsp3) is 0.308. The lowest BCUT2D eigenvalue weighted by Gasteiger charge is -2.08. The summed E-state index contributed by atoms with van der Waals surface area (Å²) in [6, 6.07) is 5.44.